The molecule has 2 aromatic rings. The number of thiocarbonyl (C=S) groups is 1. The first-order chi connectivity index (χ1) is 13.0. The quantitative estimate of drug-likeness (QED) is 0.296. The van der Waals surface area contributed by atoms with Crippen molar-refractivity contribution in [2.45, 2.75) is 17.9 Å². The van der Waals surface area contributed by atoms with Crippen LogP contribution in [0.15, 0.2) is 41.8 Å². The molecule has 3 atom stereocenters. The highest BCUT2D eigenvalue weighted by Crippen LogP contribution is 2.44. The maximum atomic E-state index is 13.8. The number of Topliss-reactive ketones (excluding diaryl/α,β-unsaturated/α-hetero) is 1. The van der Waals surface area contributed by atoms with Gasteiger partial charge in [-0.2, -0.15) is 13.2 Å². The van der Waals surface area contributed by atoms with E-state index in [-0.39, 0.29) is 16.1 Å². The zero-order chi connectivity index (χ0) is 20.7. The van der Waals surface area contributed by atoms with Crippen LogP contribution in [0.3, 0.4) is 0 Å². The van der Waals surface area contributed by atoms with Crippen LogP contribution in [0.5, 0.6) is 0 Å². The van der Waals surface area contributed by atoms with Crippen LogP contribution in [0.25, 0.3) is 0 Å². The topological polar surface area (TPSA) is 104 Å². The maximum absolute atomic E-state index is 13.8. The zero-order valence-corrected chi connectivity index (χ0v) is 15.4. The molecule has 28 heavy (non-hydrogen) atoms. The molecule has 0 unspecified atom stereocenters. The predicted molar refractivity (Wildman–Crippen MR) is 97.9 cm³/mol. The number of benzene rings is 1. The number of alkyl halides is 3. The largest absolute Gasteiger partial charge is 0.437 e. The fraction of sp³-hybridized carbons (Fsp3) is 0.250. The Kier molecular flexibility index (Phi) is 5.12. The third-order valence-electron chi connectivity index (χ3n) is 4.32. The number of ketones is 1. The Hall–Kier alpha value is -2.57. The van der Waals surface area contributed by atoms with Crippen molar-refractivity contribution in [3.05, 3.63) is 62.3 Å². The lowest BCUT2D eigenvalue weighted by Crippen LogP contribution is -2.72. The molecule has 0 spiro atoms. The number of nitrogens with one attached hydrogen (secondary N) is 2. The van der Waals surface area contributed by atoms with Gasteiger partial charge in [-0.05, 0) is 29.2 Å². The van der Waals surface area contributed by atoms with Crippen LogP contribution in [0.4, 0.5) is 18.9 Å². The highest BCUT2D eigenvalue weighted by atomic mass is 32.1. The second-order valence-electron chi connectivity index (χ2n) is 6.01. The molecule has 1 saturated heterocycles. The minimum atomic E-state index is -5.23. The molecule has 1 aliphatic rings. The van der Waals surface area contributed by atoms with E-state index in [4.69, 9.17) is 12.2 Å². The summed E-state index contributed by atoms with van der Waals surface area (Å²) in [4.78, 5) is 23.1. The number of hydrogen-bond acceptors (Lipinski definition) is 6. The van der Waals surface area contributed by atoms with Gasteiger partial charge in [-0.25, -0.2) is 0 Å². The van der Waals surface area contributed by atoms with Gasteiger partial charge in [0.2, 0.25) is 5.72 Å². The maximum Gasteiger partial charge on any atom is 0.437 e. The molecule has 1 fully saturated rings. The molecule has 7 nitrogen and oxygen atoms in total. The lowest BCUT2D eigenvalue weighted by atomic mass is 9.78. The molecule has 0 radical (unpaired) electrons. The molecule has 1 aromatic carbocycles. The van der Waals surface area contributed by atoms with Crippen molar-refractivity contribution in [2.75, 3.05) is 0 Å². The van der Waals surface area contributed by atoms with Gasteiger partial charge in [0.15, 0.2) is 10.9 Å². The summed E-state index contributed by atoms with van der Waals surface area (Å²) >= 11 is 5.74. The average Bonchev–Trinajstić information content (AvgIpc) is 3.14. The third kappa shape index (κ3) is 3.45. The Morgan fingerprint density at radius 2 is 1.93 bits per heavy atom. The molecule has 0 bridgehead atoms. The number of nitrogens with zero attached hydrogens (tertiary/aromatic N) is 1. The van der Waals surface area contributed by atoms with Crippen molar-refractivity contribution >= 4 is 40.1 Å². The van der Waals surface area contributed by atoms with Crippen molar-refractivity contribution in [2.24, 2.45) is 5.92 Å². The first kappa shape index (κ1) is 20.2. The molecule has 3 N–H and O–H groups in total. The molecule has 148 valence electrons. The highest BCUT2D eigenvalue weighted by molar-refractivity contribution is 7.80. The van der Waals surface area contributed by atoms with Gasteiger partial charge >= 0.3 is 6.18 Å². The van der Waals surface area contributed by atoms with Crippen LogP contribution in [-0.2, 0) is 0 Å². The van der Waals surface area contributed by atoms with E-state index in [9.17, 15) is 33.2 Å². The number of rotatable bonds is 4. The summed E-state index contributed by atoms with van der Waals surface area (Å²) in [6.07, 6.45) is -5.23. The van der Waals surface area contributed by atoms with Gasteiger partial charge in [-0.1, -0.05) is 18.2 Å². The summed E-state index contributed by atoms with van der Waals surface area (Å²) in [5.41, 5.74) is -3.76. The standard InChI is InChI=1S/C16H12F3N3O4S2/c17-16(18,19)15(24)11(13(23)10-2-1-7-28-10)12(20-14(27)21-15)8-3-5-9(6-4-8)22(25)26/h1-7,11-12,24H,(H2,20,21,27)/t11-,12+,15-/m1/s1. The molecule has 2 heterocycles. The summed E-state index contributed by atoms with van der Waals surface area (Å²) < 4.78 is 41.3. The second kappa shape index (κ2) is 7.11. The number of carbonyl (C=O) groups excluding carboxylic acids is 1. The first-order valence-corrected chi connectivity index (χ1v) is 9.03. The van der Waals surface area contributed by atoms with E-state index in [1.165, 1.54) is 29.6 Å². The van der Waals surface area contributed by atoms with Crippen LogP contribution in [0.2, 0.25) is 0 Å². The van der Waals surface area contributed by atoms with E-state index < -0.39 is 39.7 Å². The Balaban J connectivity index is 2.12. The van der Waals surface area contributed by atoms with Crippen molar-refractivity contribution in [3.63, 3.8) is 0 Å². The number of halogens is 3. The van der Waals surface area contributed by atoms with E-state index in [2.05, 4.69) is 5.32 Å². The number of nitro groups is 1. The zero-order valence-electron chi connectivity index (χ0n) is 13.8. The number of thiophene rings is 1. The van der Waals surface area contributed by atoms with Gasteiger partial charge in [0, 0.05) is 12.1 Å². The molecule has 3 rings (SSSR count). The molecular formula is C16H12F3N3O4S2. The molecule has 0 aliphatic carbocycles. The second-order valence-corrected chi connectivity index (χ2v) is 7.36. The van der Waals surface area contributed by atoms with Gasteiger partial charge < -0.3 is 15.7 Å². The minimum Gasteiger partial charge on any atom is -0.363 e. The smallest absolute Gasteiger partial charge is 0.363 e. The highest BCUT2D eigenvalue weighted by Gasteiger charge is 2.65. The first-order valence-electron chi connectivity index (χ1n) is 7.74. The normalized spacial score (nSPS) is 24.9. The summed E-state index contributed by atoms with van der Waals surface area (Å²) in [5.74, 6) is -2.97. The molecular weight excluding hydrogens is 419 g/mol. The molecule has 1 aliphatic heterocycles. The SMILES string of the molecule is O=C(c1cccs1)[C@H]1[C@H](c2ccc([N+](=O)[O-])cc2)NC(=S)N[C@]1(O)C(F)(F)F. The molecule has 0 amide bonds. The van der Waals surface area contributed by atoms with Crippen LogP contribution in [0, 0.1) is 16.0 Å². The summed E-state index contributed by atoms with van der Waals surface area (Å²) in [7, 11) is 0. The van der Waals surface area contributed by atoms with Gasteiger partial charge in [0.05, 0.1) is 15.8 Å². The van der Waals surface area contributed by atoms with Crippen molar-refractivity contribution in [1.29, 1.82) is 0 Å². The van der Waals surface area contributed by atoms with Crippen molar-refractivity contribution < 1.29 is 28.0 Å². The van der Waals surface area contributed by atoms with Crippen molar-refractivity contribution in [3.8, 4) is 0 Å². The van der Waals surface area contributed by atoms with Crippen LogP contribution in [0.1, 0.15) is 21.3 Å². The van der Waals surface area contributed by atoms with Crippen LogP contribution < -0.4 is 10.6 Å². The van der Waals surface area contributed by atoms with Crippen LogP contribution in [-0.4, -0.2) is 32.8 Å². The minimum absolute atomic E-state index is 0.0241. The summed E-state index contributed by atoms with van der Waals surface area (Å²) in [6, 6.07) is 6.12. The Morgan fingerprint density at radius 1 is 1.29 bits per heavy atom. The van der Waals surface area contributed by atoms with E-state index in [0.717, 1.165) is 23.5 Å². The number of non-ortho nitro benzene ring substituents is 1. The Bertz CT molecular complexity index is 918. The lowest BCUT2D eigenvalue weighted by Gasteiger charge is -2.46. The lowest BCUT2D eigenvalue weighted by molar-refractivity contribution is -0.384. The summed E-state index contributed by atoms with van der Waals surface area (Å²) in [5, 5.41) is 26.7. The molecule has 0 saturated carbocycles. The molecule has 1 aromatic heterocycles. The van der Waals surface area contributed by atoms with Gasteiger partial charge in [-0.3, -0.25) is 14.9 Å². The van der Waals surface area contributed by atoms with Crippen molar-refractivity contribution in [1.82, 2.24) is 10.6 Å². The molecule has 12 heteroatoms. The van der Waals surface area contributed by atoms with E-state index in [0.29, 0.717) is 0 Å². The van der Waals surface area contributed by atoms with E-state index >= 15 is 0 Å². The Labute approximate surface area is 165 Å². The number of aliphatic hydroxyl groups is 1. The summed E-state index contributed by atoms with van der Waals surface area (Å²) in [6.45, 7) is 0. The number of nitro benzene ring substituents is 1. The Morgan fingerprint density at radius 3 is 2.43 bits per heavy atom. The number of carbonyl (C=O) groups is 1. The predicted octanol–water partition coefficient (Wildman–Crippen LogP) is 2.93. The fourth-order valence-electron chi connectivity index (χ4n) is 2.99. The van der Waals surface area contributed by atoms with Gasteiger partial charge in [-0.15, -0.1) is 11.3 Å². The van der Waals surface area contributed by atoms with E-state index in [1.807, 2.05) is 0 Å². The van der Waals surface area contributed by atoms with Gasteiger partial charge in [0.25, 0.3) is 5.69 Å². The van der Waals surface area contributed by atoms with E-state index in [1.54, 1.807) is 5.32 Å². The average molecular weight is 431 g/mol. The van der Waals surface area contributed by atoms with Crippen LogP contribution >= 0.6 is 23.6 Å². The monoisotopic (exact) mass is 431 g/mol. The van der Waals surface area contributed by atoms with Gasteiger partial charge in [0.1, 0.15) is 5.92 Å². The third-order valence-corrected chi connectivity index (χ3v) is 5.42. The fourth-order valence-corrected chi connectivity index (χ4v) is 3.98. The number of hydrogen-bond donors (Lipinski definition) is 3.